The molecular weight excluding hydrogens is 436 g/mol. The summed E-state index contributed by atoms with van der Waals surface area (Å²) in [5, 5.41) is 3.18. The number of likely N-dealkylation sites (tertiary alicyclic amines) is 1. The van der Waals surface area contributed by atoms with E-state index in [1.165, 1.54) is 12.0 Å². The first-order valence-electron chi connectivity index (χ1n) is 13.4. The first-order valence-corrected chi connectivity index (χ1v) is 13.4. The van der Waals surface area contributed by atoms with Gasteiger partial charge in [0.1, 0.15) is 11.9 Å². The SMILES string of the molecule is CCC(C)C(=O)NC(C(=O)N1CCCC1c1cc(-c2ccccc2C)nc(C)n1)C1CCCCC1. The predicted octanol–water partition coefficient (Wildman–Crippen LogP) is 5.54. The maximum Gasteiger partial charge on any atom is 0.246 e. The monoisotopic (exact) mass is 476 g/mol. The molecule has 1 saturated carbocycles. The van der Waals surface area contributed by atoms with E-state index < -0.39 is 6.04 Å². The third kappa shape index (κ3) is 5.74. The van der Waals surface area contributed by atoms with Gasteiger partial charge in [-0.3, -0.25) is 9.59 Å². The van der Waals surface area contributed by atoms with Gasteiger partial charge in [0.2, 0.25) is 11.8 Å². The molecule has 0 bridgehead atoms. The Morgan fingerprint density at radius 1 is 1.06 bits per heavy atom. The molecule has 2 aliphatic rings. The second kappa shape index (κ2) is 11.3. The van der Waals surface area contributed by atoms with Crippen LogP contribution in [0.1, 0.15) is 88.3 Å². The maximum absolute atomic E-state index is 14.0. The molecule has 1 aliphatic carbocycles. The molecule has 1 saturated heterocycles. The van der Waals surface area contributed by atoms with E-state index in [1.54, 1.807) is 0 Å². The van der Waals surface area contributed by atoms with Gasteiger partial charge in [-0.05, 0) is 63.5 Å². The summed E-state index contributed by atoms with van der Waals surface area (Å²) in [5.74, 6) is 0.884. The average Bonchev–Trinajstić information content (AvgIpc) is 3.37. The Morgan fingerprint density at radius 3 is 2.51 bits per heavy atom. The summed E-state index contributed by atoms with van der Waals surface area (Å²) in [4.78, 5) is 38.4. The van der Waals surface area contributed by atoms with E-state index in [0.717, 1.165) is 61.9 Å². The predicted molar refractivity (Wildman–Crippen MR) is 139 cm³/mol. The largest absolute Gasteiger partial charge is 0.344 e. The Kier molecular flexibility index (Phi) is 8.19. The average molecular weight is 477 g/mol. The molecule has 2 aromatic rings. The fourth-order valence-corrected chi connectivity index (χ4v) is 5.61. The van der Waals surface area contributed by atoms with Crippen molar-refractivity contribution in [1.82, 2.24) is 20.2 Å². The molecule has 2 amide bonds. The highest BCUT2D eigenvalue weighted by atomic mass is 16.2. The lowest BCUT2D eigenvalue weighted by atomic mass is 9.83. The molecule has 6 heteroatoms. The van der Waals surface area contributed by atoms with E-state index in [4.69, 9.17) is 9.97 Å². The Balaban J connectivity index is 1.62. The minimum absolute atomic E-state index is 0.00751. The van der Waals surface area contributed by atoms with E-state index in [-0.39, 0.29) is 29.7 Å². The van der Waals surface area contributed by atoms with Crippen molar-refractivity contribution < 1.29 is 9.59 Å². The fraction of sp³-hybridized carbons (Fsp3) is 0.586. The molecule has 1 N–H and O–H groups in total. The quantitative estimate of drug-likeness (QED) is 0.570. The number of hydrogen-bond donors (Lipinski definition) is 1. The molecule has 188 valence electrons. The van der Waals surface area contributed by atoms with Crippen molar-refractivity contribution >= 4 is 11.8 Å². The van der Waals surface area contributed by atoms with Gasteiger partial charge >= 0.3 is 0 Å². The van der Waals surface area contributed by atoms with Crippen LogP contribution in [-0.4, -0.2) is 39.3 Å². The summed E-state index contributed by atoms with van der Waals surface area (Å²) >= 11 is 0. The molecule has 2 heterocycles. The first-order chi connectivity index (χ1) is 16.9. The summed E-state index contributed by atoms with van der Waals surface area (Å²) < 4.78 is 0. The van der Waals surface area contributed by atoms with E-state index >= 15 is 0 Å². The number of nitrogens with one attached hydrogen (secondary N) is 1. The van der Waals surface area contributed by atoms with Crippen molar-refractivity contribution in [2.75, 3.05) is 6.54 Å². The Bertz CT molecular complexity index is 1050. The Hall–Kier alpha value is -2.76. The number of nitrogens with zero attached hydrogens (tertiary/aromatic N) is 3. The van der Waals surface area contributed by atoms with Crippen LogP contribution in [0.15, 0.2) is 30.3 Å². The van der Waals surface area contributed by atoms with Crippen LogP contribution in [0.3, 0.4) is 0 Å². The minimum atomic E-state index is -0.448. The Morgan fingerprint density at radius 2 is 1.80 bits per heavy atom. The number of aryl methyl sites for hydroxylation is 2. The van der Waals surface area contributed by atoms with E-state index in [0.29, 0.717) is 12.4 Å². The number of hydrogen-bond acceptors (Lipinski definition) is 4. The van der Waals surface area contributed by atoms with Crippen molar-refractivity contribution in [3.63, 3.8) is 0 Å². The van der Waals surface area contributed by atoms with Gasteiger partial charge < -0.3 is 10.2 Å². The highest BCUT2D eigenvalue weighted by molar-refractivity contribution is 5.89. The number of carbonyl (C=O) groups excluding carboxylic acids is 2. The van der Waals surface area contributed by atoms with Gasteiger partial charge in [0.05, 0.1) is 17.4 Å². The lowest BCUT2D eigenvalue weighted by Crippen LogP contribution is -2.53. The van der Waals surface area contributed by atoms with Gasteiger partial charge in [-0.2, -0.15) is 0 Å². The van der Waals surface area contributed by atoms with Crippen LogP contribution in [0.4, 0.5) is 0 Å². The standard InChI is InChI=1S/C29H40N4O2/c1-5-19(2)28(34)32-27(22-13-7-6-8-14-22)29(35)33-17-11-16-26(33)25-18-24(30-21(4)31-25)23-15-10-9-12-20(23)3/h9-10,12,15,18-19,22,26-27H,5-8,11,13-14,16-17H2,1-4H3,(H,32,34). The minimum Gasteiger partial charge on any atom is -0.344 e. The van der Waals surface area contributed by atoms with Gasteiger partial charge in [-0.25, -0.2) is 9.97 Å². The Labute approximate surface area is 209 Å². The number of aromatic nitrogens is 2. The topological polar surface area (TPSA) is 75.2 Å². The summed E-state index contributed by atoms with van der Waals surface area (Å²) in [6.45, 7) is 8.67. The van der Waals surface area contributed by atoms with Gasteiger partial charge in [-0.15, -0.1) is 0 Å². The summed E-state index contributed by atoms with van der Waals surface area (Å²) in [6, 6.07) is 9.76. The lowest BCUT2D eigenvalue weighted by Gasteiger charge is -2.35. The number of rotatable bonds is 7. The van der Waals surface area contributed by atoms with Crippen LogP contribution in [0.5, 0.6) is 0 Å². The zero-order valence-corrected chi connectivity index (χ0v) is 21.7. The highest BCUT2D eigenvalue weighted by Gasteiger charge is 2.39. The van der Waals surface area contributed by atoms with Crippen molar-refractivity contribution in [2.45, 2.75) is 91.1 Å². The molecule has 3 atom stereocenters. The summed E-state index contributed by atoms with van der Waals surface area (Å²) in [6.07, 6.45) is 8.06. The van der Waals surface area contributed by atoms with Crippen molar-refractivity contribution in [3.8, 4) is 11.3 Å². The normalized spacial score (nSPS) is 20.5. The van der Waals surface area contributed by atoms with Crippen LogP contribution >= 0.6 is 0 Å². The van der Waals surface area contributed by atoms with E-state index in [2.05, 4.69) is 30.4 Å². The highest BCUT2D eigenvalue weighted by Crippen LogP contribution is 2.36. The number of carbonyl (C=O) groups is 2. The van der Waals surface area contributed by atoms with E-state index in [1.807, 2.05) is 37.8 Å². The van der Waals surface area contributed by atoms with Crippen LogP contribution in [0, 0.1) is 25.7 Å². The summed E-state index contributed by atoms with van der Waals surface area (Å²) in [7, 11) is 0. The summed E-state index contributed by atoms with van der Waals surface area (Å²) in [5.41, 5.74) is 4.06. The van der Waals surface area contributed by atoms with Crippen molar-refractivity contribution in [2.24, 2.45) is 11.8 Å². The third-order valence-electron chi connectivity index (χ3n) is 7.90. The number of amides is 2. The van der Waals surface area contributed by atoms with Gasteiger partial charge in [0, 0.05) is 18.0 Å². The zero-order valence-electron chi connectivity index (χ0n) is 21.7. The number of benzene rings is 1. The van der Waals surface area contributed by atoms with Crippen LogP contribution in [0.2, 0.25) is 0 Å². The van der Waals surface area contributed by atoms with Gasteiger partial charge in [-0.1, -0.05) is 57.4 Å². The molecule has 0 spiro atoms. The van der Waals surface area contributed by atoms with Gasteiger partial charge in [0.25, 0.3) is 0 Å². The lowest BCUT2D eigenvalue weighted by molar-refractivity contribution is -0.140. The second-order valence-electron chi connectivity index (χ2n) is 10.4. The molecule has 6 nitrogen and oxygen atoms in total. The van der Waals surface area contributed by atoms with Crippen molar-refractivity contribution in [1.29, 1.82) is 0 Å². The molecule has 3 unspecified atom stereocenters. The van der Waals surface area contributed by atoms with Gasteiger partial charge in [0.15, 0.2) is 0 Å². The molecule has 0 radical (unpaired) electrons. The molecule has 4 rings (SSSR count). The molecule has 1 aromatic carbocycles. The fourth-order valence-electron chi connectivity index (χ4n) is 5.61. The van der Waals surface area contributed by atoms with Crippen LogP contribution in [0.25, 0.3) is 11.3 Å². The molecule has 1 aliphatic heterocycles. The maximum atomic E-state index is 14.0. The smallest absolute Gasteiger partial charge is 0.246 e. The molecule has 35 heavy (non-hydrogen) atoms. The molecular formula is C29H40N4O2. The van der Waals surface area contributed by atoms with Crippen molar-refractivity contribution in [3.05, 3.63) is 47.4 Å². The molecule has 2 fully saturated rings. The van der Waals surface area contributed by atoms with E-state index in [9.17, 15) is 9.59 Å². The first kappa shape index (κ1) is 25.3. The van der Waals surface area contributed by atoms with Crippen LogP contribution < -0.4 is 5.32 Å². The third-order valence-corrected chi connectivity index (χ3v) is 7.90. The zero-order chi connectivity index (χ0) is 24.9. The molecule has 1 aromatic heterocycles. The second-order valence-corrected chi connectivity index (χ2v) is 10.4. The van der Waals surface area contributed by atoms with Crippen LogP contribution in [-0.2, 0) is 9.59 Å².